The molecule has 3 aromatic rings. The number of hydrogen-bond acceptors (Lipinski definition) is 7. The minimum atomic E-state index is -4.63. The predicted octanol–water partition coefficient (Wildman–Crippen LogP) is 3.93. The predicted molar refractivity (Wildman–Crippen MR) is 113 cm³/mol. The Bertz CT molecular complexity index is 1180. The Hall–Kier alpha value is -3.38. The highest BCUT2D eigenvalue weighted by molar-refractivity contribution is 7.11. The third-order valence-corrected chi connectivity index (χ3v) is 5.54. The van der Waals surface area contributed by atoms with Crippen LogP contribution in [0.3, 0.4) is 0 Å². The van der Waals surface area contributed by atoms with Crippen LogP contribution in [0.25, 0.3) is 0 Å². The molecule has 0 fully saturated rings. The Labute approximate surface area is 189 Å². The lowest BCUT2D eigenvalue weighted by Crippen LogP contribution is -2.32. The van der Waals surface area contributed by atoms with E-state index in [-0.39, 0.29) is 30.3 Å². The number of carbonyl (C=O) groups excluding carboxylic acids is 1. The van der Waals surface area contributed by atoms with E-state index in [2.05, 4.69) is 25.3 Å². The van der Waals surface area contributed by atoms with Gasteiger partial charge in [-0.3, -0.25) is 9.78 Å². The highest BCUT2D eigenvalue weighted by Crippen LogP contribution is 2.26. The second-order valence-electron chi connectivity index (χ2n) is 7.11. The Morgan fingerprint density at radius 3 is 2.64 bits per heavy atom. The molecule has 1 aromatic carbocycles. The van der Waals surface area contributed by atoms with Crippen LogP contribution in [0.15, 0.2) is 53.8 Å². The summed E-state index contributed by atoms with van der Waals surface area (Å²) < 4.78 is 52.0. The topological polar surface area (TPSA) is 79.7 Å². The van der Waals surface area contributed by atoms with Crippen LogP contribution in [-0.2, 0) is 22.6 Å². The molecule has 1 amide bonds. The number of pyridine rings is 1. The number of thiazole rings is 1. The van der Waals surface area contributed by atoms with E-state index in [1.807, 2.05) is 6.92 Å². The maximum Gasteiger partial charge on any atom is 0.437 e. The molecular weight excluding hydrogens is 462 g/mol. The molecule has 172 valence electrons. The summed E-state index contributed by atoms with van der Waals surface area (Å²) in [5.74, 6) is -0.875. The van der Waals surface area contributed by atoms with E-state index in [0.717, 1.165) is 9.88 Å². The molecule has 0 saturated carbocycles. The lowest BCUT2D eigenvalue weighted by Gasteiger charge is -2.22. The average molecular weight is 479 g/mol. The molecule has 4 rings (SSSR count). The van der Waals surface area contributed by atoms with Crippen molar-refractivity contribution in [2.45, 2.75) is 32.3 Å². The first-order valence-corrected chi connectivity index (χ1v) is 10.5. The number of alkyl halides is 3. The number of amides is 1. The molecule has 0 bridgehead atoms. The number of aryl methyl sites for hydroxylation is 1. The van der Waals surface area contributed by atoms with Crippen LogP contribution in [0, 0.1) is 12.7 Å². The largest absolute Gasteiger partial charge is 0.437 e. The van der Waals surface area contributed by atoms with Crippen LogP contribution in [0.1, 0.15) is 21.1 Å². The van der Waals surface area contributed by atoms with Crippen molar-refractivity contribution >= 4 is 28.8 Å². The van der Waals surface area contributed by atoms with Gasteiger partial charge in [0.15, 0.2) is 5.84 Å². The number of hydroxylamine groups is 1. The highest BCUT2D eigenvalue weighted by atomic mass is 32.1. The summed E-state index contributed by atoms with van der Waals surface area (Å²) in [5.41, 5.74) is 3.24. The molecular formula is C21H17F4N5O2S. The third-order valence-electron chi connectivity index (χ3n) is 4.63. The zero-order valence-electron chi connectivity index (χ0n) is 17.1. The van der Waals surface area contributed by atoms with Crippen LogP contribution in [0.5, 0.6) is 0 Å². The van der Waals surface area contributed by atoms with Gasteiger partial charge in [0, 0.05) is 28.5 Å². The normalized spacial score (nSPS) is 15.8. The second-order valence-corrected chi connectivity index (χ2v) is 8.43. The molecule has 1 aliphatic rings. The van der Waals surface area contributed by atoms with Gasteiger partial charge in [-0.25, -0.2) is 24.7 Å². The van der Waals surface area contributed by atoms with E-state index in [0.29, 0.717) is 11.4 Å². The summed E-state index contributed by atoms with van der Waals surface area (Å²) in [5, 5.41) is 0.826. The number of aliphatic imine (C=N–C) groups is 1. The smallest absolute Gasteiger partial charge is 0.306 e. The minimum absolute atomic E-state index is 0.0297. The molecule has 0 aliphatic carbocycles. The summed E-state index contributed by atoms with van der Waals surface area (Å²) >= 11 is 1.40. The quantitative estimate of drug-likeness (QED) is 0.542. The number of benzene rings is 1. The van der Waals surface area contributed by atoms with Gasteiger partial charge >= 0.3 is 6.18 Å². The molecule has 7 nitrogen and oxygen atoms in total. The summed E-state index contributed by atoms with van der Waals surface area (Å²) in [7, 11) is 0. The van der Waals surface area contributed by atoms with Crippen LogP contribution >= 0.6 is 11.3 Å². The molecule has 1 unspecified atom stereocenters. The van der Waals surface area contributed by atoms with Crippen LogP contribution < -0.4 is 10.4 Å². The van der Waals surface area contributed by atoms with Crippen molar-refractivity contribution in [3.63, 3.8) is 0 Å². The molecule has 1 N–H and O–H groups in total. The number of halogens is 4. The molecule has 0 spiro atoms. The molecule has 3 heterocycles. The zero-order valence-corrected chi connectivity index (χ0v) is 18.0. The highest BCUT2D eigenvalue weighted by Gasteiger charge is 2.44. The van der Waals surface area contributed by atoms with E-state index in [4.69, 9.17) is 0 Å². The average Bonchev–Trinajstić information content (AvgIpc) is 3.42. The minimum Gasteiger partial charge on any atom is -0.306 e. The van der Waals surface area contributed by atoms with Gasteiger partial charge in [-0.05, 0) is 37.3 Å². The molecule has 1 atom stereocenters. The second kappa shape index (κ2) is 9.24. The Balaban J connectivity index is 1.54. The zero-order chi connectivity index (χ0) is 23.6. The SMILES string of the molecule is Cc1ncc(CC(=O)N(Cc2ccc(C3=NC(C(F)(F)F)ON3)cn2)c2cccc(F)c2)s1. The standard InChI is InChI=1S/C21H17F4N5O2S/c1-12-26-10-17(33-12)8-18(31)30(16-4-2-3-14(22)7-16)11-15-6-5-13(9-27-15)19-28-20(32-29-19)21(23,24)25/h2-7,9-10,20H,8,11H2,1H3,(H,28,29). The fourth-order valence-corrected chi connectivity index (χ4v) is 3.86. The molecule has 1 aliphatic heterocycles. The molecule has 12 heteroatoms. The maximum absolute atomic E-state index is 13.8. The number of amidine groups is 1. The summed E-state index contributed by atoms with van der Waals surface area (Å²) in [6.45, 7) is 1.86. The first kappa shape index (κ1) is 22.8. The van der Waals surface area contributed by atoms with Crippen molar-refractivity contribution in [3.8, 4) is 0 Å². The van der Waals surface area contributed by atoms with E-state index in [1.54, 1.807) is 18.3 Å². The number of nitrogens with zero attached hydrogens (tertiary/aromatic N) is 4. The summed E-state index contributed by atoms with van der Waals surface area (Å²) in [6.07, 6.45) is -3.89. The van der Waals surface area contributed by atoms with Gasteiger partial charge < -0.3 is 4.90 Å². The number of carbonyl (C=O) groups is 1. The number of rotatable bonds is 6. The molecule has 0 radical (unpaired) electrons. The molecule has 2 aromatic heterocycles. The van der Waals surface area contributed by atoms with E-state index in [9.17, 15) is 22.4 Å². The van der Waals surface area contributed by atoms with Crippen molar-refractivity contribution < 1.29 is 27.2 Å². The number of anilines is 1. The van der Waals surface area contributed by atoms with Gasteiger partial charge in [-0.1, -0.05) is 6.07 Å². The van der Waals surface area contributed by atoms with Crippen molar-refractivity contribution in [2.24, 2.45) is 4.99 Å². The number of hydrogen-bond donors (Lipinski definition) is 1. The molecule has 33 heavy (non-hydrogen) atoms. The van der Waals surface area contributed by atoms with Gasteiger partial charge in [-0.15, -0.1) is 11.3 Å². The van der Waals surface area contributed by atoms with Crippen molar-refractivity contribution in [1.82, 2.24) is 15.4 Å². The Kier molecular flexibility index (Phi) is 6.38. The first-order chi connectivity index (χ1) is 15.7. The lowest BCUT2D eigenvalue weighted by molar-refractivity contribution is -0.220. The number of nitrogens with one attached hydrogen (secondary N) is 1. The van der Waals surface area contributed by atoms with Gasteiger partial charge in [0.05, 0.1) is 23.7 Å². The van der Waals surface area contributed by atoms with Crippen molar-refractivity contribution in [2.75, 3.05) is 4.90 Å². The first-order valence-electron chi connectivity index (χ1n) is 9.68. The van der Waals surface area contributed by atoms with Crippen LogP contribution in [0.2, 0.25) is 0 Å². The van der Waals surface area contributed by atoms with Crippen LogP contribution in [0.4, 0.5) is 23.2 Å². The Morgan fingerprint density at radius 1 is 1.21 bits per heavy atom. The fourth-order valence-electron chi connectivity index (χ4n) is 3.07. The van der Waals surface area contributed by atoms with Gasteiger partial charge in [0.25, 0.3) is 6.23 Å². The monoisotopic (exact) mass is 479 g/mol. The van der Waals surface area contributed by atoms with Crippen LogP contribution in [-0.4, -0.2) is 34.1 Å². The van der Waals surface area contributed by atoms with Gasteiger partial charge in [-0.2, -0.15) is 13.2 Å². The molecule has 0 saturated heterocycles. The summed E-state index contributed by atoms with van der Waals surface area (Å²) in [6, 6.07) is 8.69. The van der Waals surface area contributed by atoms with E-state index >= 15 is 0 Å². The van der Waals surface area contributed by atoms with Crippen molar-refractivity contribution in [1.29, 1.82) is 0 Å². The fraction of sp³-hybridized carbons (Fsp3) is 0.238. The lowest BCUT2D eigenvalue weighted by atomic mass is 10.2. The summed E-state index contributed by atoms with van der Waals surface area (Å²) in [4.78, 5) is 31.5. The van der Waals surface area contributed by atoms with Gasteiger partial charge in [0.2, 0.25) is 5.91 Å². The van der Waals surface area contributed by atoms with Crippen molar-refractivity contribution in [3.05, 3.63) is 75.8 Å². The number of aromatic nitrogens is 2. The Morgan fingerprint density at radius 2 is 2.03 bits per heavy atom. The van der Waals surface area contributed by atoms with E-state index < -0.39 is 18.2 Å². The third kappa shape index (κ3) is 5.52. The maximum atomic E-state index is 13.8. The van der Waals surface area contributed by atoms with Gasteiger partial charge in [0.1, 0.15) is 5.82 Å². The van der Waals surface area contributed by atoms with E-state index in [1.165, 1.54) is 46.7 Å².